The number of carbonyl (C=O) groups is 3. The van der Waals surface area contributed by atoms with Crippen molar-refractivity contribution in [3.63, 3.8) is 0 Å². The van der Waals surface area contributed by atoms with E-state index in [1.54, 1.807) is 0 Å². The highest BCUT2D eigenvalue weighted by molar-refractivity contribution is 6.10. The van der Waals surface area contributed by atoms with Crippen LogP contribution in [0.15, 0.2) is 59.7 Å². The van der Waals surface area contributed by atoms with Gasteiger partial charge in [0.25, 0.3) is 11.8 Å². The first-order valence-corrected chi connectivity index (χ1v) is 10.2. The minimum Gasteiger partial charge on any atom is -0.319 e. The SMILES string of the molecule is O=C(CN1C(=O)N[C@@]2(CCCc3ccccc32)C1=O)N1CCC(c2ccccc2)=N1. The fourth-order valence-corrected chi connectivity index (χ4v) is 4.64. The van der Waals surface area contributed by atoms with Gasteiger partial charge in [-0.25, -0.2) is 9.80 Å². The van der Waals surface area contributed by atoms with Gasteiger partial charge in [0.1, 0.15) is 12.1 Å². The van der Waals surface area contributed by atoms with E-state index in [2.05, 4.69) is 10.4 Å². The molecule has 5 rings (SSSR count). The Hall–Kier alpha value is -3.48. The number of benzene rings is 2. The summed E-state index contributed by atoms with van der Waals surface area (Å²) >= 11 is 0. The molecule has 30 heavy (non-hydrogen) atoms. The number of carbonyl (C=O) groups excluding carboxylic acids is 3. The van der Waals surface area contributed by atoms with E-state index in [-0.39, 0.29) is 18.4 Å². The highest BCUT2D eigenvalue weighted by Crippen LogP contribution is 2.39. The summed E-state index contributed by atoms with van der Waals surface area (Å²) in [6, 6.07) is 16.9. The monoisotopic (exact) mass is 402 g/mol. The first-order chi connectivity index (χ1) is 14.6. The van der Waals surface area contributed by atoms with Gasteiger partial charge in [0, 0.05) is 6.42 Å². The molecule has 1 atom stereocenters. The van der Waals surface area contributed by atoms with Gasteiger partial charge in [-0.15, -0.1) is 0 Å². The van der Waals surface area contributed by atoms with Crippen molar-refractivity contribution in [2.75, 3.05) is 13.1 Å². The van der Waals surface area contributed by atoms with E-state index in [0.717, 1.165) is 40.1 Å². The molecule has 2 aromatic carbocycles. The van der Waals surface area contributed by atoms with Crippen LogP contribution in [0.4, 0.5) is 4.79 Å². The van der Waals surface area contributed by atoms with Crippen LogP contribution < -0.4 is 5.32 Å². The van der Waals surface area contributed by atoms with Gasteiger partial charge in [-0.05, 0) is 36.0 Å². The molecule has 2 heterocycles. The van der Waals surface area contributed by atoms with E-state index in [9.17, 15) is 14.4 Å². The van der Waals surface area contributed by atoms with Crippen molar-refractivity contribution in [3.05, 3.63) is 71.3 Å². The van der Waals surface area contributed by atoms with E-state index in [0.29, 0.717) is 19.4 Å². The van der Waals surface area contributed by atoms with E-state index < -0.39 is 11.6 Å². The van der Waals surface area contributed by atoms with Crippen LogP contribution in [0.1, 0.15) is 36.0 Å². The minimum absolute atomic E-state index is 0.305. The maximum atomic E-state index is 13.3. The molecule has 0 unspecified atom stereocenters. The summed E-state index contributed by atoms with van der Waals surface area (Å²) in [5.74, 6) is -0.704. The predicted octanol–water partition coefficient (Wildman–Crippen LogP) is 2.41. The Balaban J connectivity index is 1.35. The molecule has 7 nitrogen and oxygen atoms in total. The van der Waals surface area contributed by atoms with E-state index in [1.807, 2.05) is 54.6 Å². The Kier molecular flexibility index (Phi) is 4.38. The third-order valence-corrected chi connectivity index (χ3v) is 6.14. The number of nitrogens with one attached hydrogen (secondary N) is 1. The topological polar surface area (TPSA) is 82.1 Å². The van der Waals surface area contributed by atoms with Gasteiger partial charge in [-0.1, -0.05) is 54.6 Å². The molecule has 0 saturated carbocycles. The largest absolute Gasteiger partial charge is 0.325 e. The summed E-state index contributed by atoms with van der Waals surface area (Å²) in [5.41, 5.74) is 2.66. The second-order valence-corrected chi connectivity index (χ2v) is 7.92. The smallest absolute Gasteiger partial charge is 0.319 e. The predicted molar refractivity (Wildman–Crippen MR) is 111 cm³/mol. The fourth-order valence-electron chi connectivity index (χ4n) is 4.64. The Bertz CT molecular complexity index is 1070. The fraction of sp³-hybridized carbons (Fsp3) is 0.304. The van der Waals surface area contributed by atoms with Gasteiger partial charge in [0.15, 0.2) is 0 Å². The number of imide groups is 1. The number of nitrogens with zero attached hydrogens (tertiary/aromatic N) is 3. The maximum Gasteiger partial charge on any atom is 0.325 e. The van der Waals surface area contributed by atoms with Crippen LogP contribution in [0.2, 0.25) is 0 Å². The number of aryl methyl sites for hydroxylation is 1. The number of amides is 4. The average molecular weight is 402 g/mol. The normalized spacial score (nSPS) is 22.9. The number of hydrogen-bond acceptors (Lipinski definition) is 4. The van der Waals surface area contributed by atoms with Gasteiger partial charge >= 0.3 is 6.03 Å². The summed E-state index contributed by atoms with van der Waals surface area (Å²) < 4.78 is 0. The second kappa shape index (κ2) is 7.09. The van der Waals surface area contributed by atoms with Crippen molar-refractivity contribution < 1.29 is 14.4 Å². The Morgan fingerprint density at radius 2 is 1.80 bits per heavy atom. The highest BCUT2D eigenvalue weighted by atomic mass is 16.2. The lowest BCUT2D eigenvalue weighted by Crippen LogP contribution is -2.47. The summed E-state index contributed by atoms with van der Waals surface area (Å²) in [4.78, 5) is 39.9. The molecule has 152 valence electrons. The molecule has 2 aromatic rings. The molecular formula is C23H22N4O3. The van der Waals surface area contributed by atoms with Crippen molar-refractivity contribution in [1.82, 2.24) is 15.2 Å². The van der Waals surface area contributed by atoms with Gasteiger partial charge in [-0.3, -0.25) is 14.5 Å². The molecule has 1 spiro atoms. The lowest BCUT2D eigenvalue weighted by Gasteiger charge is -2.33. The van der Waals surface area contributed by atoms with Crippen LogP contribution in [0.3, 0.4) is 0 Å². The van der Waals surface area contributed by atoms with Crippen LogP contribution in [0.25, 0.3) is 0 Å². The summed E-state index contributed by atoms with van der Waals surface area (Å²) in [5, 5.41) is 8.67. The zero-order valence-electron chi connectivity index (χ0n) is 16.5. The molecule has 2 aliphatic heterocycles. The lowest BCUT2D eigenvalue weighted by atomic mass is 9.76. The number of hydrogen-bond donors (Lipinski definition) is 1. The Labute approximate surface area is 174 Å². The zero-order chi connectivity index (χ0) is 20.7. The number of hydrazone groups is 1. The van der Waals surface area contributed by atoms with Crippen molar-refractivity contribution in [2.24, 2.45) is 5.10 Å². The van der Waals surface area contributed by atoms with Crippen molar-refractivity contribution >= 4 is 23.6 Å². The molecular weight excluding hydrogens is 380 g/mol. The summed E-state index contributed by atoms with van der Waals surface area (Å²) in [7, 11) is 0. The van der Waals surface area contributed by atoms with Crippen LogP contribution in [0.5, 0.6) is 0 Å². The van der Waals surface area contributed by atoms with Gasteiger partial charge < -0.3 is 5.32 Å². The Morgan fingerprint density at radius 3 is 2.63 bits per heavy atom. The van der Waals surface area contributed by atoms with Crippen LogP contribution >= 0.6 is 0 Å². The standard InChI is InChI=1S/C23H22N4O3/c28-20(27-14-12-19(25-27)17-8-2-1-3-9-17)15-26-21(29)23(24-22(26)30)13-6-10-16-7-4-5-11-18(16)23/h1-5,7-9,11H,6,10,12-15H2,(H,24,30)/t23-/m1/s1. The Morgan fingerprint density at radius 1 is 1.03 bits per heavy atom. The first-order valence-electron chi connectivity index (χ1n) is 10.2. The van der Waals surface area contributed by atoms with Crippen LogP contribution in [0, 0.1) is 0 Å². The molecule has 4 amide bonds. The molecule has 7 heteroatoms. The summed E-state index contributed by atoms with van der Waals surface area (Å²) in [6.45, 7) is 0.140. The van der Waals surface area contributed by atoms with E-state index in [4.69, 9.17) is 0 Å². The van der Waals surface area contributed by atoms with Crippen LogP contribution in [-0.2, 0) is 21.5 Å². The minimum atomic E-state index is -1.06. The first kappa shape index (κ1) is 18.5. The molecule has 1 fully saturated rings. The van der Waals surface area contributed by atoms with E-state index in [1.165, 1.54) is 5.01 Å². The van der Waals surface area contributed by atoms with Crippen molar-refractivity contribution in [3.8, 4) is 0 Å². The van der Waals surface area contributed by atoms with Crippen LogP contribution in [-0.4, -0.2) is 46.6 Å². The molecule has 1 saturated heterocycles. The molecule has 1 aliphatic carbocycles. The molecule has 0 bridgehead atoms. The number of fused-ring (bicyclic) bond motifs is 2. The van der Waals surface area contributed by atoms with Crippen molar-refractivity contribution in [2.45, 2.75) is 31.2 Å². The third kappa shape index (κ3) is 2.89. The maximum absolute atomic E-state index is 13.3. The summed E-state index contributed by atoms with van der Waals surface area (Å²) in [6.07, 6.45) is 2.87. The van der Waals surface area contributed by atoms with E-state index >= 15 is 0 Å². The number of urea groups is 1. The third-order valence-electron chi connectivity index (χ3n) is 6.14. The molecule has 1 N–H and O–H groups in total. The van der Waals surface area contributed by atoms with Gasteiger partial charge in [-0.2, -0.15) is 5.10 Å². The zero-order valence-corrected chi connectivity index (χ0v) is 16.5. The van der Waals surface area contributed by atoms with Crippen molar-refractivity contribution in [1.29, 1.82) is 0 Å². The average Bonchev–Trinajstić information content (AvgIpc) is 3.35. The molecule has 0 radical (unpaired) electrons. The molecule has 3 aliphatic rings. The van der Waals surface area contributed by atoms with Gasteiger partial charge in [0.05, 0.1) is 12.3 Å². The molecule has 0 aromatic heterocycles. The lowest BCUT2D eigenvalue weighted by molar-refractivity contribution is -0.139. The second-order valence-electron chi connectivity index (χ2n) is 7.92. The number of rotatable bonds is 3. The quantitative estimate of drug-likeness (QED) is 0.801. The highest BCUT2D eigenvalue weighted by Gasteiger charge is 2.54. The van der Waals surface area contributed by atoms with Gasteiger partial charge in [0.2, 0.25) is 0 Å².